The maximum atomic E-state index is 11.5. The minimum absolute atomic E-state index is 0.162. The number of carbonyl (C=O) groups is 1. The molecule has 0 aliphatic heterocycles. The predicted octanol–water partition coefficient (Wildman–Crippen LogP) is 2.05. The predicted molar refractivity (Wildman–Crippen MR) is 65.1 cm³/mol. The van der Waals surface area contributed by atoms with Crippen molar-refractivity contribution in [1.29, 1.82) is 0 Å². The first-order valence-corrected chi connectivity index (χ1v) is 5.55. The molecule has 4 heteroatoms. The molecule has 0 heterocycles. The van der Waals surface area contributed by atoms with E-state index in [4.69, 9.17) is 5.73 Å². The Morgan fingerprint density at radius 1 is 1.56 bits per heavy atom. The van der Waals surface area contributed by atoms with Gasteiger partial charge in [0.05, 0.1) is 0 Å². The zero-order valence-electron chi connectivity index (χ0n) is 9.36. The molecule has 1 aliphatic carbocycles. The van der Waals surface area contributed by atoms with Gasteiger partial charge in [-0.2, -0.15) is 0 Å². The number of hydrogen-bond donors (Lipinski definition) is 3. The number of amides is 2. The normalized spacial score (nSPS) is 22.6. The second kappa shape index (κ2) is 4.43. The van der Waals surface area contributed by atoms with Crippen LogP contribution in [-0.4, -0.2) is 12.6 Å². The molecule has 4 nitrogen and oxygen atoms in total. The van der Waals surface area contributed by atoms with Crippen LogP contribution in [-0.2, 0) is 0 Å². The van der Waals surface area contributed by atoms with Crippen molar-refractivity contribution in [3.63, 3.8) is 0 Å². The summed E-state index contributed by atoms with van der Waals surface area (Å²) in [5.41, 5.74) is 6.98. The smallest absolute Gasteiger partial charge is 0.319 e. The van der Waals surface area contributed by atoms with E-state index in [9.17, 15) is 4.79 Å². The van der Waals surface area contributed by atoms with E-state index in [2.05, 4.69) is 17.6 Å². The van der Waals surface area contributed by atoms with Crippen LogP contribution in [0, 0.1) is 11.8 Å². The summed E-state index contributed by atoms with van der Waals surface area (Å²) < 4.78 is 0. The fraction of sp³-hybridized carbons (Fsp3) is 0.417. The Morgan fingerprint density at radius 2 is 2.31 bits per heavy atom. The summed E-state index contributed by atoms with van der Waals surface area (Å²) in [5, 5.41) is 5.60. The maximum Gasteiger partial charge on any atom is 0.319 e. The third-order valence-corrected chi connectivity index (χ3v) is 2.95. The van der Waals surface area contributed by atoms with Gasteiger partial charge in [0.15, 0.2) is 0 Å². The molecule has 1 aromatic carbocycles. The third kappa shape index (κ3) is 2.89. The van der Waals surface area contributed by atoms with Crippen LogP contribution < -0.4 is 16.4 Å². The van der Waals surface area contributed by atoms with E-state index in [-0.39, 0.29) is 6.03 Å². The lowest BCUT2D eigenvalue weighted by atomic mass is 10.3. The van der Waals surface area contributed by atoms with Crippen LogP contribution in [0.1, 0.15) is 13.3 Å². The third-order valence-electron chi connectivity index (χ3n) is 2.95. The highest BCUT2D eigenvalue weighted by Gasteiger charge is 2.32. The Hall–Kier alpha value is -1.71. The van der Waals surface area contributed by atoms with Crippen LogP contribution in [0.2, 0.25) is 0 Å². The average Bonchev–Trinajstić information content (AvgIpc) is 2.92. The van der Waals surface area contributed by atoms with Crippen molar-refractivity contribution in [2.45, 2.75) is 13.3 Å². The van der Waals surface area contributed by atoms with Crippen LogP contribution in [0.15, 0.2) is 24.3 Å². The number of anilines is 2. The van der Waals surface area contributed by atoms with Crippen molar-refractivity contribution >= 4 is 17.4 Å². The van der Waals surface area contributed by atoms with Crippen molar-refractivity contribution in [1.82, 2.24) is 5.32 Å². The van der Waals surface area contributed by atoms with Gasteiger partial charge in [-0.25, -0.2) is 4.79 Å². The molecule has 4 N–H and O–H groups in total. The molecule has 2 rings (SSSR count). The molecule has 2 unspecified atom stereocenters. The van der Waals surface area contributed by atoms with Crippen LogP contribution in [0.5, 0.6) is 0 Å². The van der Waals surface area contributed by atoms with Gasteiger partial charge in [0.2, 0.25) is 0 Å². The molecule has 1 aliphatic rings. The Kier molecular flexibility index (Phi) is 2.99. The monoisotopic (exact) mass is 219 g/mol. The molecule has 1 saturated carbocycles. The number of rotatable bonds is 3. The van der Waals surface area contributed by atoms with E-state index < -0.39 is 0 Å². The number of nitrogens with one attached hydrogen (secondary N) is 2. The van der Waals surface area contributed by atoms with Crippen molar-refractivity contribution in [2.24, 2.45) is 11.8 Å². The molecule has 16 heavy (non-hydrogen) atoms. The van der Waals surface area contributed by atoms with Gasteiger partial charge in [-0.3, -0.25) is 0 Å². The summed E-state index contributed by atoms with van der Waals surface area (Å²) in [5.74, 6) is 1.42. The van der Waals surface area contributed by atoms with Crippen molar-refractivity contribution in [2.75, 3.05) is 17.6 Å². The van der Waals surface area contributed by atoms with Gasteiger partial charge in [-0.15, -0.1) is 0 Å². The van der Waals surface area contributed by atoms with Crippen molar-refractivity contribution in [3.8, 4) is 0 Å². The average molecular weight is 219 g/mol. The molecule has 1 fully saturated rings. The lowest BCUT2D eigenvalue weighted by Crippen LogP contribution is -2.30. The van der Waals surface area contributed by atoms with Gasteiger partial charge in [-0.05, 0) is 36.5 Å². The molecule has 86 valence electrons. The first-order valence-electron chi connectivity index (χ1n) is 5.55. The lowest BCUT2D eigenvalue weighted by molar-refractivity contribution is 0.251. The van der Waals surface area contributed by atoms with Gasteiger partial charge < -0.3 is 16.4 Å². The van der Waals surface area contributed by atoms with Crippen molar-refractivity contribution in [3.05, 3.63) is 24.3 Å². The molecule has 0 saturated heterocycles. The van der Waals surface area contributed by atoms with Gasteiger partial charge in [-0.1, -0.05) is 13.0 Å². The number of benzene rings is 1. The van der Waals surface area contributed by atoms with E-state index in [1.807, 2.05) is 12.1 Å². The molecule has 0 radical (unpaired) electrons. The maximum absolute atomic E-state index is 11.5. The largest absolute Gasteiger partial charge is 0.399 e. The van der Waals surface area contributed by atoms with E-state index in [0.717, 1.165) is 18.2 Å². The van der Waals surface area contributed by atoms with Crippen LogP contribution in [0.4, 0.5) is 16.2 Å². The molecular formula is C12H17N3O. The van der Waals surface area contributed by atoms with Gasteiger partial charge in [0, 0.05) is 17.9 Å². The zero-order valence-corrected chi connectivity index (χ0v) is 9.36. The molecule has 0 bridgehead atoms. The first kappa shape index (κ1) is 10.8. The van der Waals surface area contributed by atoms with Gasteiger partial charge in [0.1, 0.15) is 0 Å². The number of urea groups is 1. The quantitative estimate of drug-likeness (QED) is 0.681. The summed E-state index contributed by atoms with van der Waals surface area (Å²) >= 11 is 0. The van der Waals surface area contributed by atoms with Gasteiger partial charge in [0.25, 0.3) is 0 Å². The van der Waals surface area contributed by atoms with Crippen LogP contribution >= 0.6 is 0 Å². The van der Waals surface area contributed by atoms with Crippen LogP contribution in [0.3, 0.4) is 0 Å². The summed E-state index contributed by atoms with van der Waals surface area (Å²) in [6.45, 7) is 2.96. The number of nitrogen functional groups attached to an aromatic ring is 1. The van der Waals surface area contributed by atoms with Gasteiger partial charge >= 0.3 is 6.03 Å². The molecule has 1 aromatic rings. The number of carbonyl (C=O) groups excluding carboxylic acids is 1. The molecule has 2 atom stereocenters. The highest BCUT2D eigenvalue weighted by Crippen LogP contribution is 2.36. The minimum atomic E-state index is -0.162. The fourth-order valence-corrected chi connectivity index (χ4v) is 1.70. The molecule has 0 spiro atoms. The standard InChI is InChI=1S/C12H17N3O/c1-8-5-9(8)7-14-12(16)15-11-4-2-3-10(13)6-11/h2-4,6,8-9H,5,7,13H2,1H3,(H2,14,15,16). The molecule has 0 aromatic heterocycles. The topological polar surface area (TPSA) is 67.2 Å². The molecular weight excluding hydrogens is 202 g/mol. The highest BCUT2D eigenvalue weighted by atomic mass is 16.2. The van der Waals surface area contributed by atoms with E-state index in [1.54, 1.807) is 12.1 Å². The van der Waals surface area contributed by atoms with E-state index in [0.29, 0.717) is 11.6 Å². The van der Waals surface area contributed by atoms with E-state index in [1.165, 1.54) is 6.42 Å². The summed E-state index contributed by atoms with van der Waals surface area (Å²) in [4.78, 5) is 11.5. The fourth-order valence-electron chi connectivity index (χ4n) is 1.70. The Labute approximate surface area is 95.2 Å². The van der Waals surface area contributed by atoms with Crippen LogP contribution in [0.25, 0.3) is 0 Å². The number of hydrogen-bond acceptors (Lipinski definition) is 2. The highest BCUT2D eigenvalue weighted by molar-refractivity contribution is 5.89. The SMILES string of the molecule is CC1CC1CNC(=O)Nc1cccc(N)c1. The summed E-state index contributed by atoms with van der Waals surface area (Å²) in [7, 11) is 0. The summed E-state index contributed by atoms with van der Waals surface area (Å²) in [6, 6.07) is 6.99. The Morgan fingerprint density at radius 3 is 2.94 bits per heavy atom. The second-order valence-electron chi connectivity index (χ2n) is 4.43. The molecule has 2 amide bonds. The lowest BCUT2D eigenvalue weighted by Gasteiger charge is -2.07. The summed E-state index contributed by atoms with van der Waals surface area (Å²) in [6.07, 6.45) is 1.22. The zero-order chi connectivity index (χ0) is 11.5. The number of nitrogens with two attached hydrogens (primary N) is 1. The second-order valence-corrected chi connectivity index (χ2v) is 4.43. The van der Waals surface area contributed by atoms with E-state index >= 15 is 0 Å². The Bertz CT molecular complexity index is 392. The minimum Gasteiger partial charge on any atom is -0.399 e. The first-order chi connectivity index (χ1) is 7.65. The Balaban J connectivity index is 1.78. The van der Waals surface area contributed by atoms with Crippen molar-refractivity contribution < 1.29 is 4.79 Å².